The summed E-state index contributed by atoms with van der Waals surface area (Å²) in [5.74, 6) is 0.181. The lowest BCUT2D eigenvalue weighted by Crippen LogP contribution is -2.42. The van der Waals surface area contributed by atoms with E-state index in [0.717, 1.165) is 32.1 Å². The summed E-state index contributed by atoms with van der Waals surface area (Å²) in [5, 5.41) is 12.0. The van der Waals surface area contributed by atoms with Crippen LogP contribution in [0, 0.1) is 5.41 Å². The maximum Gasteiger partial charge on any atom is 0.222 e. The molecule has 0 saturated carbocycles. The van der Waals surface area contributed by atoms with Crippen LogP contribution < -0.4 is 21.3 Å². The second-order valence-electron chi connectivity index (χ2n) is 16.6. The molecule has 0 aromatic heterocycles. The van der Waals surface area contributed by atoms with Gasteiger partial charge in [-0.2, -0.15) is 0 Å². The zero-order chi connectivity index (χ0) is 41.5. The minimum absolute atomic E-state index is 0.0304. The Morgan fingerprint density at radius 2 is 0.893 bits per heavy atom. The predicted octanol–water partition coefficient (Wildman–Crippen LogP) is 7.21. The van der Waals surface area contributed by atoms with E-state index in [1.807, 2.05) is 0 Å². The Labute approximate surface area is 342 Å². The number of rotatable bonds is 41. The van der Waals surface area contributed by atoms with Gasteiger partial charge in [-0.3, -0.25) is 19.2 Å². The molecule has 12 heteroatoms. The number of carbonyl (C=O) groups is 4. The third-order valence-electron chi connectivity index (χ3n) is 9.20. The quantitative estimate of drug-likeness (QED) is 0.0471. The Hall–Kier alpha value is -2.12. The van der Waals surface area contributed by atoms with Crippen LogP contribution in [0.3, 0.4) is 0 Å². The monoisotopic (exact) mass is 799 g/mol. The van der Waals surface area contributed by atoms with Gasteiger partial charge in [-0.25, -0.2) is 0 Å². The SMILES string of the molecule is CCCCCCCCCCCCCCCC(=O)NCCOCCOCCC(=O)NCCOCCOCCC(=O)NCCCCC(NC(C)C)C(=O)CC(C)(C)C. The molecule has 1 unspecified atom stereocenters. The molecule has 0 heterocycles. The third-order valence-corrected chi connectivity index (χ3v) is 9.20. The van der Waals surface area contributed by atoms with Crippen molar-refractivity contribution in [2.45, 2.75) is 182 Å². The van der Waals surface area contributed by atoms with Gasteiger partial charge in [-0.1, -0.05) is 119 Å². The molecule has 0 spiro atoms. The summed E-state index contributed by atoms with van der Waals surface area (Å²) < 4.78 is 22.0. The summed E-state index contributed by atoms with van der Waals surface area (Å²) in [7, 11) is 0. The maximum absolute atomic E-state index is 12.7. The summed E-state index contributed by atoms with van der Waals surface area (Å²) in [4.78, 5) is 48.8. The van der Waals surface area contributed by atoms with Crippen LogP contribution in [-0.2, 0) is 38.1 Å². The molecule has 0 aliphatic heterocycles. The van der Waals surface area contributed by atoms with Crippen molar-refractivity contribution in [2.75, 3.05) is 72.5 Å². The molecule has 0 aromatic rings. The molecule has 1 atom stereocenters. The van der Waals surface area contributed by atoms with Crippen LogP contribution in [0.5, 0.6) is 0 Å². The molecular formula is C44H86N4O8. The fraction of sp³-hybridized carbons (Fsp3) is 0.909. The van der Waals surface area contributed by atoms with E-state index in [-0.39, 0.29) is 53.8 Å². The van der Waals surface area contributed by atoms with Crippen LogP contribution in [0.2, 0.25) is 0 Å². The van der Waals surface area contributed by atoms with Crippen molar-refractivity contribution in [1.29, 1.82) is 0 Å². The lowest BCUT2D eigenvalue weighted by atomic mass is 9.86. The average molecular weight is 799 g/mol. The number of nitrogens with one attached hydrogen (secondary N) is 4. The van der Waals surface area contributed by atoms with Gasteiger partial charge in [0.2, 0.25) is 17.7 Å². The van der Waals surface area contributed by atoms with Crippen molar-refractivity contribution in [1.82, 2.24) is 21.3 Å². The number of Topliss-reactive ketones (excluding diaryl/α,β-unsaturated/α-hetero) is 1. The Morgan fingerprint density at radius 3 is 1.34 bits per heavy atom. The third kappa shape index (κ3) is 40.1. The van der Waals surface area contributed by atoms with Gasteiger partial charge in [0.1, 0.15) is 5.78 Å². The Balaban J connectivity index is 3.49. The van der Waals surface area contributed by atoms with Crippen LogP contribution in [0.25, 0.3) is 0 Å². The van der Waals surface area contributed by atoms with Gasteiger partial charge in [0.15, 0.2) is 0 Å². The standard InChI is InChI=1S/C44H86N4O8/c1-7-8-9-10-11-12-13-14-15-16-17-18-19-23-41(50)46-27-31-55-35-34-54-30-25-43(52)47-28-32-56-36-33-53-29-24-42(51)45-26-21-20-22-39(48-38(2)3)40(49)37-44(4,5)6/h38-39,48H,7-37H2,1-6H3,(H,45,51)(H,46,50)(H,47,52). The molecule has 330 valence electrons. The van der Waals surface area contributed by atoms with E-state index in [9.17, 15) is 19.2 Å². The van der Waals surface area contributed by atoms with E-state index in [0.29, 0.717) is 85.3 Å². The largest absolute Gasteiger partial charge is 0.379 e. The highest BCUT2D eigenvalue weighted by atomic mass is 16.5. The van der Waals surface area contributed by atoms with E-state index in [4.69, 9.17) is 18.9 Å². The number of ketones is 1. The van der Waals surface area contributed by atoms with Gasteiger partial charge in [-0.15, -0.1) is 0 Å². The van der Waals surface area contributed by atoms with Crippen molar-refractivity contribution in [2.24, 2.45) is 5.41 Å². The lowest BCUT2D eigenvalue weighted by Gasteiger charge is -2.24. The van der Waals surface area contributed by atoms with E-state index in [2.05, 4.69) is 62.8 Å². The van der Waals surface area contributed by atoms with E-state index < -0.39 is 0 Å². The van der Waals surface area contributed by atoms with E-state index in [1.54, 1.807) is 0 Å². The van der Waals surface area contributed by atoms with Crippen molar-refractivity contribution in [3.05, 3.63) is 0 Å². The zero-order valence-electron chi connectivity index (χ0n) is 36.8. The molecule has 0 radical (unpaired) electrons. The maximum atomic E-state index is 12.7. The Kier molecular flexibility index (Phi) is 36.9. The number of amides is 3. The molecule has 0 aliphatic carbocycles. The number of ether oxygens (including phenoxy) is 4. The molecule has 0 rings (SSSR count). The summed E-state index contributed by atoms with van der Waals surface area (Å²) in [5.41, 5.74) is -0.0304. The van der Waals surface area contributed by atoms with Gasteiger partial charge in [0, 0.05) is 51.4 Å². The van der Waals surface area contributed by atoms with Crippen LogP contribution >= 0.6 is 0 Å². The molecule has 56 heavy (non-hydrogen) atoms. The fourth-order valence-corrected chi connectivity index (χ4v) is 6.15. The first-order valence-corrected chi connectivity index (χ1v) is 22.3. The number of hydrogen-bond donors (Lipinski definition) is 4. The Morgan fingerprint density at radius 1 is 0.482 bits per heavy atom. The predicted molar refractivity (Wildman–Crippen MR) is 227 cm³/mol. The van der Waals surface area contributed by atoms with Gasteiger partial charge < -0.3 is 40.2 Å². The first kappa shape index (κ1) is 53.9. The molecule has 4 N–H and O–H groups in total. The normalized spacial score (nSPS) is 12.2. The highest BCUT2D eigenvalue weighted by Crippen LogP contribution is 2.21. The van der Waals surface area contributed by atoms with Gasteiger partial charge in [0.05, 0.1) is 58.9 Å². The minimum Gasteiger partial charge on any atom is -0.379 e. The van der Waals surface area contributed by atoms with Crippen LogP contribution in [0.15, 0.2) is 0 Å². The molecule has 0 bridgehead atoms. The second-order valence-corrected chi connectivity index (χ2v) is 16.6. The summed E-state index contributed by atoms with van der Waals surface area (Å²) in [6.45, 7) is 17.1. The fourth-order valence-electron chi connectivity index (χ4n) is 6.15. The second kappa shape index (κ2) is 38.4. The number of hydrogen-bond acceptors (Lipinski definition) is 9. The van der Waals surface area contributed by atoms with Crippen molar-refractivity contribution < 1.29 is 38.1 Å². The molecular weight excluding hydrogens is 713 g/mol. The molecule has 12 nitrogen and oxygen atoms in total. The first-order chi connectivity index (χ1) is 26.9. The van der Waals surface area contributed by atoms with Gasteiger partial charge in [0.25, 0.3) is 0 Å². The molecule has 0 saturated heterocycles. The highest BCUT2D eigenvalue weighted by molar-refractivity contribution is 5.84. The van der Waals surface area contributed by atoms with E-state index in [1.165, 1.54) is 70.6 Å². The first-order valence-electron chi connectivity index (χ1n) is 22.3. The molecule has 3 amide bonds. The van der Waals surface area contributed by atoms with E-state index >= 15 is 0 Å². The number of carbonyl (C=O) groups excluding carboxylic acids is 4. The van der Waals surface area contributed by atoms with Gasteiger partial charge >= 0.3 is 0 Å². The summed E-state index contributed by atoms with van der Waals surface area (Å²) in [6, 6.07) is 0.0989. The topological polar surface area (TPSA) is 153 Å². The van der Waals surface area contributed by atoms with Crippen molar-refractivity contribution in [3.63, 3.8) is 0 Å². The number of unbranched alkanes of at least 4 members (excludes halogenated alkanes) is 13. The molecule has 0 aliphatic rings. The van der Waals surface area contributed by atoms with Crippen LogP contribution in [0.1, 0.15) is 170 Å². The minimum atomic E-state index is -0.143. The highest BCUT2D eigenvalue weighted by Gasteiger charge is 2.24. The van der Waals surface area contributed by atoms with Crippen LogP contribution in [-0.4, -0.2) is 108 Å². The average Bonchev–Trinajstić information content (AvgIpc) is 3.13. The molecule has 0 aromatic carbocycles. The van der Waals surface area contributed by atoms with Crippen LogP contribution in [0.4, 0.5) is 0 Å². The van der Waals surface area contributed by atoms with Crippen molar-refractivity contribution in [3.8, 4) is 0 Å². The van der Waals surface area contributed by atoms with Gasteiger partial charge in [-0.05, 0) is 31.1 Å². The Bertz CT molecular complexity index is 960. The summed E-state index contributed by atoms with van der Waals surface area (Å²) in [6.07, 6.45) is 21.0. The lowest BCUT2D eigenvalue weighted by molar-refractivity contribution is -0.124. The summed E-state index contributed by atoms with van der Waals surface area (Å²) >= 11 is 0. The zero-order valence-corrected chi connectivity index (χ0v) is 36.8. The van der Waals surface area contributed by atoms with Crippen molar-refractivity contribution >= 4 is 23.5 Å². The molecule has 0 fully saturated rings. The smallest absolute Gasteiger partial charge is 0.222 e.